The molecule has 7 nitrogen and oxygen atoms in total. The van der Waals surface area contributed by atoms with Crippen LogP contribution in [0.1, 0.15) is 18.3 Å². The van der Waals surface area contributed by atoms with Crippen LogP contribution in [-0.4, -0.2) is 43.1 Å². The van der Waals surface area contributed by atoms with Crippen LogP contribution in [0.25, 0.3) is 5.69 Å². The Morgan fingerprint density at radius 2 is 1.93 bits per heavy atom. The van der Waals surface area contributed by atoms with E-state index in [9.17, 15) is 18.0 Å². The van der Waals surface area contributed by atoms with Crippen molar-refractivity contribution in [1.82, 2.24) is 24.7 Å². The molecule has 0 aliphatic heterocycles. The van der Waals surface area contributed by atoms with Gasteiger partial charge in [0, 0.05) is 12.4 Å². The van der Waals surface area contributed by atoms with Crippen LogP contribution in [0.4, 0.5) is 13.2 Å². The Morgan fingerprint density at radius 3 is 2.60 bits per heavy atom. The first-order valence-electron chi connectivity index (χ1n) is 8.56. The Balaban J connectivity index is 1.98. The monoisotopic (exact) mass is 455 g/mol. The van der Waals surface area contributed by atoms with Crippen LogP contribution in [0.5, 0.6) is 0 Å². The molecular formula is C18H16F3N5O2S2. The normalized spacial score (nSPS) is 12.6. The third-order valence-corrected chi connectivity index (χ3v) is 5.71. The van der Waals surface area contributed by atoms with E-state index in [1.165, 1.54) is 35.6 Å². The molecule has 1 atom stereocenters. The Kier molecular flexibility index (Phi) is 6.98. The maximum absolute atomic E-state index is 13.2. The highest BCUT2D eigenvalue weighted by molar-refractivity contribution is 8.00. The maximum atomic E-state index is 13.2. The van der Waals surface area contributed by atoms with Gasteiger partial charge in [0.25, 0.3) is 0 Å². The molecule has 3 aromatic rings. The number of aromatic nitrogens is 5. The van der Waals surface area contributed by atoms with Gasteiger partial charge in [0.2, 0.25) is 0 Å². The quantitative estimate of drug-likeness (QED) is 0.300. The molecule has 30 heavy (non-hydrogen) atoms. The summed E-state index contributed by atoms with van der Waals surface area (Å²) in [5, 5.41) is 8.35. The molecule has 0 unspecified atom stereocenters. The molecule has 0 saturated carbocycles. The number of carbonyl (C=O) groups excluding carboxylic acids is 1. The van der Waals surface area contributed by atoms with Crippen LogP contribution in [0, 0.1) is 0 Å². The number of hydrogen-bond donors (Lipinski definition) is 0. The minimum Gasteiger partial charge on any atom is -0.468 e. The molecule has 0 radical (unpaired) electrons. The molecule has 0 amide bonds. The number of rotatable bonds is 7. The van der Waals surface area contributed by atoms with Crippen LogP contribution >= 0.6 is 23.5 Å². The predicted molar refractivity (Wildman–Crippen MR) is 105 cm³/mol. The SMILES string of the molecule is COC(=O)[C@H](C)Sc1nnc(CSc2ncccn2)n1-c1cccc(C(F)(F)F)c1. The van der Waals surface area contributed by atoms with Crippen LogP contribution in [0.15, 0.2) is 53.0 Å². The predicted octanol–water partition coefficient (Wildman–Crippen LogP) is 4.02. The minimum absolute atomic E-state index is 0.235. The van der Waals surface area contributed by atoms with Gasteiger partial charge in [-0.05, 0) is 31.2 Å². The summed E-state index contributed by atoms with van der Waals surface area (Å²) < 4.78 is 45.9. The van der Waals surface area contributed by atoms with E-state index in [4.69, 9.17) is 4.74 Å². The summed E-state index contributed by atoms with van der Waals surface area (Å²) >= 11 is 2.31. The van der Waals surface area contributed by atoms with Gasteiger partial charge in [-0.3, -0.25) is 9.36 Å². The second-order valence-electron chi connectivity index (χ2n) is 5.89. The number of methoxy groups -OCH3 is 1. The van der Waals surface area contributed by atoms with E-state index in [1.807, 2.05) is 0 Å². The number of hydrogen-bond acceptors (Lipinski definition) is 8. The van der Waals surface area contributed by atoms with Crippen molar-refractivity contribution in [3.05, 3.63) is 54.1 Å². The molecule has 0 fully saturated rings. The van der Waals surface area contributed by atoms with E-state index in [0.29, 0.717) is 11.0 Å². The van der Waals surface area contributed by atoms with E-state index < -0.39 is 23.0 Å². The third-order valence-electron chi connectivity index (χ3n) is 3.82. The highest BCUT2D eigenvalue weighted by Crippen LogP contribution is 2.33. The Morgan fingerprint density at radius 1 is 1.20 bits per heavy atom. The summed E-state index contributed by atoms with van der Waals surface area (Å²) in [5.41, 5.74) is -0.561. The molecule has 0 N–H and O–H groups in total. The van der Waals surface area contributed by atoms with E-state index in [2.05, 4.69) is 20.2 Å². The number of halogens is 3. The average molecular weight is 455 g/mol. The molecule has 158 valence electrons. The lowest BCUT2D eigenvalue weighted by atomic mass is 10.2. The highest BCUT2D eigenvalue weighted by atomic mass is 32.2. The van der Waals surface area contributed by atoms with Crippen molar-refractivity contribution in [3.63, 3.8) is 0 Å². The van der Waals surface area contributed by atoms with Gasteiger partial charge in [-0.1, -0.05) is 29.6 Å². The molecule has 2 heterocycles. The van der Waals surface area contributed by atoms with Crippen LogP contribution in [0.3, 0.4) is 0 Å². The van der Waals surface area contributed by atoms with E-state index in [1.54, 1.807) is 25.4 Å². The standard InChI is InChI=1S/C18H16F3N5O2S2/c1-11(15(27)28-2)30-17-25-24-14(10-29-16-22-7-4-8-23-16)26(17)13-6-3-5-12(9-13)18(19,20)21/h3-9,11H,10H2,1-2H3/t11-/m0/s1. The van der Waals surface area contributed by atoms with Gasteiger partial charge in [-0.2, -0.15) is 13.2 Å². The van der Waals surface area contributed by atoms with E-state index in [-0.39, 0.29) is 16.6 Å². The molecule has 1 aromatic carbocycles. The fourth-order valence-electron chi connectivity index (χ4n) is 2.41. The van der Waals surface area contributed by atoms with Crippen molar-refractivity contribution < 1.29 is 22.7 Å². The highest BCUT2D eigenvalue weighted by Gasteiger charge is 2.31. The second-order valence-corrected chi connectivity index (χ2v) is 8.14. The first-order chi connectivity index (χ1) is 14.3. The first-order valence-corrected chi connectivity index (χ1v) is 10.4. The smallest absolute Gasteiger partial charge is 0.416 e. The number of alkyl halides is 3. The number of carbonyl (C=O) groups is 1. The topological polar surface area (TPSA) is 82.8 Å². The lowest BCUT2D eigenvalue weighted by Crippen LogP contribution is -2.16. The number of ether oxygens (including phenoxy) is 1. The molecular weight excluding hydrogens is 439 g/mol. The van der Waals surface area contributed by atoms with Gasteiger partial charge in [0.05, 0.1) is 24.1 Å². The summed E-state index contributed by atoms with van der Waals surface area (Å²) in [5.74, 6) is 0.180. The van der Waals surface area contributed by atoms with Crippen LogP contribution in [-0.2, 0) is 21.5 Å². The molecule has 0 aliphatic carbocycles. The summed E-state index contributed by atoms with van der Waals surface area (Å²) in [4.78, 5) is 20.0. The van der Waals surface area contributed by atoms with Crippen LogP contribution < -0.4 is 0 Å². The van der Waals surface area contributed by atoms with Crippen molar-refractivity contribution in [2.24, 2.45) is 0 Å². The first kappa shape index (κ1) is 22.1. The molecule has 2 aromatic heterocycles. The fourth-order valence-corrected chi connectivity index (χ4v) is 4.04. The van der Waals surface area contributed by atoms with Gasteiger partial charge in [-0.25, -0.2) is 9.97 Å². The van der Waals surface area contributed by atoms with Crippen LogP contribution in [0.2, 0.25) is 0 Å². The van der Waals surface area contributed by atoms with E-state index in [0.717, 1.165) is 23.9 Å². The Bertz CT molecular complexity index is 1010. The molecule has 3 rings (SSSR count). The van der Waals surface area contributed by atoms with Gasteiger partial charge in [0.15, 0.2) is 10.3 Å². The molecule has 12 heteroatoms. The Hall–Kier alpha value is -2.60. The summed E-state index contributed by atoms with van der Waals surface area (Å²) in [7, 11) is 1.26. The largest absolute Gasteiger partial charge is 0.468 e. The van der Waals surface area contributed by atoms with Gasteiger partial charge in [0.1, 0.15) is 11.1 Å². The lowest BCUT2D eigenvalue weighted by molar-refractivity contribution is -0.139. The zero-order valence-corrected chi connectivity index (χ0v) is 17.5. The molecule has 0 spiro atoms. The fraction of sp³-hybridized carbons (Fsp3) is 0.278. The van der Waals surface area contributed by atoms with Crippen molar-refractivity contribution in [2.45, 2.75) is 34.4 Å². The van der Waals surface area contributed by atoms with Gasteiger partial charge >= 0.3 is 12.1 Å². The van der Waals surface area contributed by atoms with Crippen molar-refractivity contribution >= 4 is 29.5 Å². The van der Waals surface area contributed by atoms with E-state index >= 15 is 0 Å². The minimum atomic E-state index is -4.50. The van der Waals surface area contributed by atoms with Gasteiger partial charge < -0.3 is 4.74 Å². The average Bonchev–Trinajstić information content (AvgIpc) is 3.14. The maximum Gasteiger partial charge on any atom is 0.416 e. The summed E-state index contributed by atoms with van der Waals surface area (Å²) in [6.07, 6.45) is -1.32. The van der Waals surface area contributed by atoms with Crippen molar-refractivity contribution in [1.29, 1.82) is 0 Å². The number of nitrogens with zero attached hydrogens (tertiary/aromatic N) is 5. The molecule has 0 bridgehead atoms. The second kappa shape index (κ2) is 9.47. The summed E-state index contributed by atoms with van der Waals surface area (Å²) in [6, 6.07) is 6.53. The Labute approximate surface area is 178 Å². The number of thioether (sulfide) groups is 2. The van der Waals surface area contributed by atoms with Crippen molar-refractivity contribution in [2.75, 3.05) is 7.11 Å². The lowest BCUT2D eigenvalue weighted by Gasteiger charge is -2.14. The number of esters is 1. The molecule has 0 aliphatic rings. The third kappa shape index (κ3) is 5.30. The number of benzene rings is 1. The zero-order chi connectivity index (χ0) is 21.7. The van der Waals surface area contributed by atoms with Gasteiger partial charge in [-0.15, -0.1) is 10.2 Å². The summed E-state index contributed by atoms with van der Waals surface area (Å²) in [6.45, 7) is 1.62. The van der Waals surface area contributed by atoms with Crippen molar-refractivity contribution in [3.8, 4) is 5.69 Å². The molecule has 0 saturated heterocycles. The zero-order valence-electron chi connectivity index (χ0n) is 15.8.